The fraction of sp³-hybridized carbons (Fsp3) is 0.692. The number of halogens is 1. The molecule has 0 aromatic carbocycles. The molecule has 1 saturated carbocycles. The van der Waals surface area contributed by atoms with Crippen LogP contribution in [0.5, 0.6) is 0 Å². The normalized spacial score (nSPS) is 27.3. The van der Waals surface area contributed by atoms with Gasteiger partial charge in [0.25, 0.3) is 0 Å². The van der Waals surface area contributed by atoms with Gasteiger partial charge in [-0.05, 0) is 31.7 Å². The average Bonchev–Trinajstić information content (AvgIpc) is 2.94. The Morgan fingerprint density at radius 1 is 1.72 bits per heavy atom. The van der Waals surface area contributed by atoms with Gasteiger partial charge < -0.3 is 0 Å². The van der Waals surface area contributed by atoms with E-state index < -0.39 is 0 Å². The summed E-state index contributed by atoms with van der Waals surface area (Å²) in [6.45, 7) is 3.73. The Kier molecular flexibility index (Phi) is 4.26. The summed E-state index contributed by atoms with van der Waals surface area (Å²) in [5.41, 5.74) is -0.328. The summed E-state index contributed by atoms with van der Waals surface area (Å²) in [5, 5.41) is 17.7. The van der Waals surface area contributed by atoms with Crippen molar-refractivity contribution < 1.29 is 0 Å². The van der Waals surface area contributed by atoms with Crippen LogP contribution in [-0.2, 0) is 6.54 Å². The molecule has 1 heterocycles. The van der Waals surface area contributed by atoms with Crippen LogP contribution < -0.4 is 5.32 Å². The van der Waals surface area contributed by atoms with Crippen molar-refractivity contribution in [2.45, 2.75) is 44.7 Å². The summed E-state index contributed by atoms with van der Waals surface area (Å²) in [5.74, 6) is 0.408. The number of hydrogen-bond acceptors (Lipinski definition) is 3. The molecule has 0 amide bonds. The molecule has 1 aromatic heterocycles. The Morgan fingerprint density at radius 2 is 2.56 bits per heavy atom. The van der Waals surface area contributed by atoms with Crippen LogP contribution in [0.4, 0.5) is 0 Å². The lowest BCUT2D eigenvalue weighted by Crippen LogP contribution is -2.47. The van der Waals surface area contributed by atoms with E-state index in [2.05, 4.69) is 23.4 Å². The van der Waals surface area contributed by atoms with Gasteiger partial charge in [-0.3, -0.25) is 10.00 Å². The molecule has 4 nitrogen and oxygen atoms in total. The van der Waals surface area contributed by atoms with Gasteiger partial charge in [-0.1, -0.05) is 24.9 Å². The summed E-state index contributed by atoms with van der Waals surface area (Å²) < 4.78 is 1.86. The maximum Gasteiger partial charge on any atom is 0.109 e. The van der Waals surface area contributed by atoms with Crippen LogP contribution in [-0.4, -0.2) is 21.9 Å². The molecule has 2 unspecified atom stereocenters. The van der Waals surface area contributed by atoms with E-state index >= 15 is 0 Å². The molecule has 0 bridgehead atoms. The highest BCUT2D eigenvalue weighted by Gasteiger charge is 2.42. The highest BCUT2D eigenvalue weighted by atomic mass is 35.5. The van der Waals surface area contributed by atoms with E-state index in [0.29, 0.717) is 10.9 Å². The Bertz CT molecular complexity index is 436. The second-order valence-electron chi connectivity index (χ2n) is 4.91. The van der Waals surface area contributed by atoms with Crippen LogP contribution in [0.3, 0.4) is 0 Å². The quantitative estimate of drug-likeness (QED) is 0.891. The minimum Gasteiger partial charge on any atom is -0.299 e. The fourth-order valence-corrected chi connectivity index (χ4v) is 3.11. The molecule has 98 valence electrons. The molecule has 2 rings (SSSR count). The molecule has 0 saturated heterocycles. The summed E-state index contributed by atoms with van der Waals surface area (Å²) in [4.78, 5) is 0. The van der Waals surface area contributed by atoms with Crippen LogP contribution in [0.1, 0.15) is 32.6 Å². The maximum absolute atomic E-state index is 9.46. The lowest BCUT2D eigenvalue weighted by atomic mass is 9.86. The van der Waals surface area contributed by atoms with Crippen LogP contribution in [0.2, 0.25) is 5.02 Å². The Hall–Kier alpha value is -1.05. The molecular formula is C13H19ClN4. The average molecular weight is 267 g/mol. The van der Waals surface area contributed by atoms with E-state index in [1.807, 2.05) is 10.9 Å². The molecule has 0 aliphatic heterocycles. The zero-order chi connectivity index (χ0) is 13.0. The SMILES string of the molecule is CCNC1(C#N)CCCC1CCn1cc(Cl)cn1. The second kappa shape index (κ2) is 5.73. The predicted octanol–water partition coefficient (Wildman–Crippen LogP) is 2.60. The smallest absolute Gasteiger partial charge is 0.109 e. The zero-order valence-corrected chi connectivity index (χ0v) is 11.5. The van der Waals surface area contributed by atoms with Crippen molar-refractivity contribution in [3.63, 3.8) is 0 Å². The first kappa shape index (κ1) is 13.4. The summed E-state index contributed by atoms with van der Waals surface area (Å²) in [6.07, 6.45) is 7.66. The third-order valence-electron chi connectivity index (χ3n) is 3.82. The van der Waals surface area contributed by atoms with E-state index in [9.17, 15) is 5.26 Å². The summed E-state index contributed by atoms with van der Waals surface area (Å²) >= 11 is 5.84. The molecular weight excluding hydrogens is 248 g/mol. The van der Waals surface area contributed by atoms with Gasteiger partial charge in [0.1, 0.15) is 5.54 Å². The molecule has 0 spiro atoms. The third-order valence-corrected chi connectivity index (χ3v) is 4.02. The van der Waals surface area contributed by atoms with E-state index in [0.717, 1.165) is 38.8 Å². The number of nitrogens with zero attached hydrogens (tertiary/aromatic N) is 3. The Balaban J connectivity index is 1.97. The number of nitrogens with one attached hydrogen (secondary N) is 1. The molecule has 1 aliphatic rings. The van der Waals surface area contributed by atoms with Gasteiger partial charge in [0.15, 0.2) is 0 Å². The van der Waals surface area contributed by atoms with Gasteiger partial charge in [-0.15, -0.1) is 0 Å². The number of aryl methyl sites for hydroxylation is 1. The van der Waals surface area contributed by atoms with Crippen molar-refractivity contribution in [3.05, 3.63) is 17.4 Å². The van der Waals surface area contributed by atoms with Gasteiger partial charge in [0.2, 0.25) is 0 Å². The number of rotatable bonds is 5. The van der Waals surface area contributed by atoms with Crippen molar-refractivity contribution in [2.75, 3.05) is 6.54 Å². The molecule has 2 atom stereocenters. The first-order chi connectivity index (χ1) is 8.70. The fourth-order valence-electron chi connectivity index (χ4n) is 2.95. The summed E-state index contributed by atoms with van der Waals surface area (Å²) in [6, 6.07) is 2.50. The predicted molar refractivity (Wildman–Crippen MR) is 71.2 cm³/mol. The first-order valence-corrected chi connectivity index (χ1v) is 6.92. The van der Waals surface area contributed by atoms with Crippen LogP contribution in [0.15, 0.2) is 12.4 Å². The Morgan fingerprint density at radius 3 is 3.17 bits per heavy atom. The maximum atomic E-state index is 9.46. The van der Waals surface area contributed by atoms with Crippen LogP contribution in [0.25, 0.3) is 0 Å². The van der Waals surface area contributed by atoms with Crippen molar-refractivity contribution in [2.24, 2.45) is 5.92 Å². The lowest BCUT2D eigenvalue weighted by molar-refractivity contribution is 0.291. The lowest BCUT2D eigenvalue weighted by Gasteiger charge is -2.29. The molecule has 0 radical (unpaired) electrons. The second-order valence-corrected chi connectivity index (χ2v) is 5.35. The molecule has 18 heavy (non-hydrogen) atoms. The van der Waals surface area contributed by atoms with Crippen LogP contribution in [0, 0.1) is 17.2 Å². The largest absolute Gasteiger partial charge is 0.299 e. The van der Waals surface area contributed by atoms with Gasteiger partial charge in [0.05, 0.1) is 17.3 Å². The number of nitriles is 1. The van der Waals surface area contributed by atoms with Crippen molar-refractivity contribution >= 4 is 11.6 Å². The standard InChI is InChI=1S/C13H19ClN4/c1-2-16-13(10-15)6-3-4-11(13)5-7-18-9-12(14)8-17-18/h8-9,11,16H,2-7H2,1H3. The number of aromatic nitrogens is 2. The molecule has 1 aliphatic carbocycles. The first-order valence-electron chi connectivity index (χ1n) is 6.54. The topological polar surface area (TPSA) is 53.6 Å². The van der Waals surface area contributed by atoms with Gasteiger partial charge >= 0.3 is 0 Å². The van der Waals surface area contributed by atoms with E-state index in [4.69, 9.17) is 11.6 Å². The van der Waals surface area contributed by atoms with Crippen molar-refractivity contribution in [1.29, 1.82) is 5.26 Å². The zero-order valence-electron chi connectivity index (χ0n) is 10.7. The molecule has 5 heteroatoms. The van der Waals surface area contributed by atoms with Gasteiger partial charge in [-0.25, -0.2) is 0 Å². The van der Waals surface area contributed by atoms with Crippen LogP contribution >= 0.6 is 11.6 Å². The highest BCUT2D eigenvalue weighted by molar-refractivity contribution is 6.30. The third kappa shape index (κ3) is 2.68. The van der Waals surface area contributed by atoms with Gasteiger partial charge in [0, 0.05) is 12.7 Å². The van der Waals surface area contributed by atoms with Gasteiger partial charge in [-0.2, -0.15) is 10.4 Å². The van der Waals surface area contributed by atoms with E-state index in [-0.39, 0.29) is 5.54 Å². The van der Waals surface area contributed by atoms with E-state index in [1.54, 1.807) is 6.20 Å². The van der Waals surface area contributed by atoms with E-state index in [1.165, 1.54) is 0 Å². The molecule has 1 aromatic rings. The number of hydrogen-bond donors (Lipinski definition) is 1. The molecule has 1 fully saturated rings. The molecule has 1 N–H and O–H groups in total. The minimum absolute atomic E-state index is 0.328. The highest BCUT2D eigenvalue weighted by Crippen LogP contribution is 2.37. The monoisotopic (exact) mass is 266 g/mol. The minimum atomic E-state index is -0.328. The van der Waals surface area contributed by atoms with Crippen molar-refractivity contribution in [3.8, 4) is 6.07 Å². The Labute approximate surface area is 113 Å². The summed E-state index contributed by atoms with van der Waals surface area (Å²) in [7, 11) is 0. The van der Waals surface area contributed by atoms with Crippen molar-refractivity contribution in [1.82, 2.24) is 15.1 Å².